The molecule has 0 N–H and O–H groups in total. The second-order valence-corrected chi connectivity index (χ2v) is 3.81. The molecular weight excluding hydrogens is 204 g/mol. The first-order valence-corrected chi connectivity index (χ1v) is 5.12. The van der Waals surface area contributed by atoms with Crippen LogP contribution in [-0.2, 0) is 0 Å². The maximum Gasteiger partial charge on any atom is 0.336 e. The van der Waals surface area contributed by atoms with E-state index in [0.717, 1.165) is 22.3 Å². The lowest BCUT2D eigenvalue weighted by molar-refractivity contribution is 0.355. The van der Waals surface area contributed by atoms with E-state index in [2.05, 4.69) is 0 Å². The van der Waals surface area contributed by atoms with E-state index in [1.54, 1.807) is 6.07 Å². The number of hydrogen-bond acceptors (Lipinski definition) is 3. The molecule has 1 aromatic heterocycles. The van der Waals surface area contributed by atoms with Crippen molar-refractivity contribution < 1.29 is 9.15 Å². The van der Waals surface area contributed by atoms with E-state index >= 15 is 0 Å². The number of rotatable bonds is 0. The maximum atomic E-state index is 11.2. The summed E-state index contributed by atoms with van der Waals surface area (Å²) < 4.78 is 10.8. The highest BCUT2D eigenvalue weighted by Gasteiger charge is 2.14. The normalized spacial score (nSPS) is 13.6. The Labute approximate surface area is 92.0 Å². The molecule has 2 heterocycles. The molecule has 1 aromatic carbocycles. The van der Waals surface area contributed by atoms with E-state index in [1.165, 1.54) is 6.07 Å². The molecule has 3 nitrogen and oxygen atoms in total. The summed E-state index contributed by atoms with van der Waals surface area (Å²) in [4.78, 5) is 11.2. The first-order chi connectivity index (χ1) is 7.75. The maximum absolute atomic E-state index is 11.2. The molecule has 0 radical (unpaired) electrons. The summed E-state index contributed by atoms with van der Waals surface area (Å²) in [5.41, 5.74) is 2.20. The predicted octanol–water partition coefficient (Wildman–Crippen LogP) is 2.51. The molecule has 1 aliphatic rings. The molecule has 0 amide bonds. The number of benzene rings is 1. The van der Waals surface area contributed by atoms with Gasteiger partial charge in [-0.25, -0.2) is 4.79 Å². The topological polar surface area (TPSA) is 39.4 Å². The minimum Gasteiger partial charge on any atom is -0.488 e. The molecule has 0 atom stereocenters. The van der Waals surface area contributed by atoms with E-state index in [9.17, 15) is 4.79 Å². The van der Waals surface area contributed by atoms with Crippen LogP contribution in [-0.4, -0.2) is 6.61 Å². The Hall–Kier alpha value is -2.03. The Morgan fingerprint density at radius 1 is 1.31 bits per heavy atom. The molecule has 0 saturated heterocycles. The standard InChI is InChI=1S/C13H10O3/c1-8-12-9(3-2-6-15-12)7-10-4-5-11(14)16-13(8)10/h2-5,7H,6H2,1H3. The van der Waals surface area contributed by atoms with Gasteiger partial charge >= 0.3 is 5.63 Å². The summed E-state index contributed by atoms with van der Waals surface area (Å²) in [6.45, 7) is 2.47. The minimum absolute atomic E-state index is 0.332. The molecule has 0 fully saturated rings. The zero-order valence-electron chi connectivity index (χ0n) is 8.82. The zero-order chi connectivity index (χ0) is 11.1. The Bertz CT molecular complexity index is 650. The van der Waals surface area contributed by atoms with Crippen LogP contribution in [0.2, 0.25) is 0 Å². The van der Waals surface area contributed by atoms with Crippen molar-refractivity contribution in [2.24, 2.45) is 0 Å². The first-order valence-electron chi connectivity index (χ1n) is 5.12. The fourth-order valence-corrected chi connectivity index (χ4v) is 2.01. The molecular formula is C13H10O3. The third-order valence-corrected chi connectivity index (χ3v) is 2.74. The first kappa shape index (κ1) is 9.21. The molecule has 3 rings (SSSR count). The van der Waals surface area contributed by atoms with E-state index < -0.39 is 0 Å². The second kappa shape index (κ2) is 3.23. The van der Waals surface area contributed by atoms with E-state index in [1.807, 2.05) is 25.1 Å². The zero-order valence-corrected chi connectivity index (χ0v) is 8.82. The van der Waals surface area contributed by atoms with Gasteiger partial charge in [-0.3, -0.25) is 0 Å². The van der Waals surface area contributed by atoms with Crippen LogP contribution in [0.1, 0.15) is 11.1 Å². The van der Waals surface area contributed by atoms with Crippen molar-refractivity contribution in [1.29, 1.82) is 0 Å². The van der Waals surface area contributed by atoms with Gasteiger partial charge in [-0.2, -0.15) is 0 Å². The number of fused-ring (bicyclic) bond motifs is 2. The predicted molar refractivity (Wildman–Crippen MR) is 61.8 cm³/mol. The fourth-order valence-electron chi connectivity index (χ4n) is 2.01. The summed E-state index contributed by atoms with van der Waals surface area (Å²) in [7, 11) is 0. The molecule has 0 spiro atoms. The smallest absolute Gasteiger partial charge is 0.336 e. The molecule has 0 unspecified atom stereocenters. The number of aryl methyl sites for hydroxylation is 1. The van der Waals surface area contributed by atoms with Gasteiger partial charge < -0.3 is 9.15 Å². The quantitative estimate of drug-likeness (QED) is 0.632. The van der Waals surface area contributed by atoms with Gasteiger partial charge in [0.15, 0.2) is 0 Å². The highest BCUT2D eigenvalue weighted by Crippen LogP contribution is 2.33. The molecule has 3 heteroatoms. The van der Waals surface area contributed by atoms with Gasteiger partial charge in [-0.05, 0) is 25.1 Å². The van der Waals surface area contributed by atoms with Crippen molar-refractivity contribution in [2.45, 2.75) is 6.92 Å². The van der Waals surface area contributed by atoms with Crippen LogP contribution in [0.4, 0.5) is 0 Å². The van der Waals surface area contributed by atoms with Crippen molar-refractivity contribution in [2.75, 3.05) is 6.61 Å². The van der Waals surface area contributed by atoms with Gasteiger partial charge in [-0.15, -0.1) is 0 Å². The second-order valence-electron chi connectivity index (χ2n) is 3.81. The van der Waals surface area contributed by atoms with Crippen LogP contribution in [0.25, 0.3) is 17.0 Å². The third-order valence-electron chi connectivity index (χ3n) is 2.74. The Balaban J connectivity index is 2.45. The van der Waals surface area contributed by atoms with Gasteiger partial charge in [-0.1, -0.05) is 6.08 Å². The highest BCUT2D eigenvalue weighted by atomic mass is 16.5. The molecule has 0 bridgehead atoms. The summed E-state index contributed by atoms with van der Waals surface area (Å²) in [5, 5.41) is 0.922. The monoisotopic (exact) mass is 214 g/mol. The average Bonchev–Trinajstić information content (AvgIpc) is 2.31. The van der Waals surface area contributed by atoms with Crippen molar-refractivity contribution in [3.05, 3.63) is 45.8 Å². The molecule has 0 saturated carbocycles. The molecule has 0 aliphatic carbocycles. The van der Waals surface area contributed by atoms with E-state index in [4.69, 9.17) is 9.15 Å². The van der Waals surface area contributed by atoms with Crippen LogP contribution in [0, 0.1) is 6.92 Å². The van der Waals surface area contributed by atoms with Crippen LogP contribution >= 0.6 is 0 Å². The lowest BCUT2D eigenvalue weighted by atomic mass is 10.0. The molecule has 80 valence electrons. The Morgan fingerprint density at radius 2 is 2.19 bits per heavy atom. The van der Waals surface area contributed by atoms with Gasteiger partial charge in [0.25, 0.3) is 0 Å². The van der Waals surface area contributed by atoms with Crippen LogP contribution in [0.5, 0.6) is 5.75 Å². The largest absolute Gasteiger partial charge is 0.488 e. The molecule has 2 aromatic rings. The summed E-state index contributed by atoms with van der Waals surface area (Å²) in [5.74, 6) is 0.810. The van der Waals surface area contributed by atoms with Crippen molar-refractivity contribution in [3.8, 4) is 5.75 Å². The lowest BCUT2D eigenvalue weighted by Crippen LogP contribution is -2.04. The lowest BCUT2D eigenvalue weighted by Gasteiger charge is -2.15. The van der Waals surface area contributed by atoms with Gasteiger partial charge in [0.05, 0.1) is 0 Å². The van der Waals surface area contributed by atoms with Crippen molar-refractivity contribution >= 4 is 17.0 Å². The number of ether oxygens (including phenoxy) is 1. The van der Waals surface area contributed by atoms with Crippen LogP contribution in [0.15, 0.2) is 33.5 Å². The highest BCUT2D eigenvalue weighted by molar-refractivity contribution is 5.86. The van der Waals surface area contributed by atoms with Crippen molar-refractivity contribution in [3.63, 3.8) is 0 Å². The fraction of sp³-hybridized carbons (Fsp3) is 0.154. The van der Waals surface area contributed by atoms with Gasteiger partial charge in [0, 0.05) is 22.6 Å². The summed E-state index contributed by atoms with van der Waals surface area (Å²) in [6.07, 6.45) is 3.99. The van der Waals surface area contributed by atoms with Gasteiger partial charge in [0.1, 0.15) is 17.9 Å². The SMILES string of the molecule is Cc1c2c(cc3ccc(=O)oc13)C=CCO2. The summed E-state index contributed by atoms with van der Waals surface area (Å²) >= 11 is 0. The van der Waals surface area contributed by atoms with Crippen LogP contribution < -0.4 is 10.4 Å². The Morgan fingerprint density at radius 3 is 3.06 bits per heavy atom. The Kier molecular flexibility index (Phi) is 1.86. The van der Waals surface area contributed by atoms with Crippen LogP contribution in [0.3, 0.4) is 0 Å². The third kappa shape index (κ3) is 1.25. The molecule has 1 aliphatic heterocycles. The average molecular weight is 214 g/mol. The minimum atomic E-state index is -0.332. The molecule has 16 heavy (non-hydrogen) atoms. The van der Waals surface area contributed by atoms with E-state index in [-0.39, 0.29) is 5.63 Å². The van der Waals surface area contributed by atoms with E-state index in [0.29, 0.717) is 12.2 Å². The summed E-state index contributed by atoms with van der Waals surface area (Å²) in [6, 6.07) is 5.18. The van der Waals surface area contributed by atoms with Gasteiger partial charge in [0.2, 0.25) is 0 Å². The van der Waals surface area contributed by atoms with Crippen molar-refractivity contribution in [1.82, 2.24) is 0 Å². The number of hydrogen-bond donors (Lipinski definition) is 0.